The van der Waals surface area contributed by atoms with Crippen molar-refractivity contribution in [3.63, 3.8) is 0 Å². The van der Waals surface area contributed by atoms with Gasteiger partial charge in [0.15, 0.2) is 0 Å². The van der Waals surface area contributed by atoms with E-state index in [-0.39, 0.29) is 16.4 Å². The molecule has 86 valence electrons. The molecule has 0 saturated heterocycles. The Labute approximate surface area is 95.6 Å². The van der Waals surface area contributed by atoms with Gasteiger partial charge in [0, 0.05) is 0 Å². The fraction of sp³-hybridized carbons (Fsp3) is 0.143. The maximum atomic E-state index is 11.6. The summed E-state index contributed by atoms with van der Waals surface area (Å²) in [5.74, 6) is 0. The minimum Gasteiger partial charge on any atom is -0.410 e. The Hall–Kier alpha value is -1.38. The summed E-state index contributed by atoms with van der Waals surface area (Å²) < 4.78 is 25.3. The Bertz CT molecular complexity index is 624. The van der Waals surface area contributed by atoms with Crippen molar-refractivity contribution >= 4 is 32.7 Å². The van der Waals surface area contributed by atoms with Crippen LogP contribution in [0.5, 0.6) is 0 Å². The molecule has 1 aromatic carbocycles. The third-order valence-corrected chi connectivity index (χ3v) is 3.65. The summed E-state index contributed by atoms with van der Waals surface area (Å²) in [6.45, 7) is 0. The van der Waals surface area contributed by atoms with Gasteiger partial charge in [0.25, 0.3) is 0 Å². The second-order valence-corrected chi connectivity index (χ2v) is 4.95. The van der Waals surface area contributed by atoms with Gasteiger partial charge in [-0.15, -0.1) is 16.7 Å². The fourth-order valence-electron chi connectivity index (χ4n) is 1.21. The molecule has 0 aliphatic rings. The summed E-state index contributed by atoms with van der Waals surface area (Å²) in [5, 5.41) is 16.2. The molecule has 0 aliphatic carbocycles. The van der Waals surface area contributed by atoms with E-state index < -0.39 is 10.0 Å². The highest BCUT2D eigenvalue weighted by Crippen LogP contribution is 2.16. The van der Waals surface area contributed by atoms with Crippen LogP contribution in [0.1, 0.15) is 0 Å². The molecule has 0 atom stereocenters. The van der Waals surface area contributed by atoms with Gasteiger partial charge in [0.05, 0.1) is 10.9 Å². The van der Waals surface area contributed by atoms with Gasteiger partial charge in [-0.1, -0.05) is 4.85 Å². The maximum Gasteiger partial charge on any atom is 0.241 e. The highest BCUT2D eigenvalue weighted by Gasteiger charge is 2.15. The van der Waals surface area contributed by atoms with Crippen molar-refractivity contribution in [3.05, 3.63) is 18.2 Å². The third-order valence-electron chi connectivity index (χ3n) is 1.95. The lowest BCUT2D eigenvalue weighted by Gasteiger charge is -2.03. The van der Waals surface area contributed by atoms with E-state index in [1.165, 1.54) is 18.2 Å². The summed E-state index contributed by atoms with van der Waals surface area (Å²) in [6, 6.07) is 3.82. The van der Waals surface area contributed by atoms with Crippen molar-refractivity contribution in [1.29, 1.82) is 0 Å². The average Bonchev–Trinajstić information content (AvgIpc) is 2.60. The number of alkyl halides is 1. The van der Waals surface area contributed by atoms with Crippen LogP contribution in [0.4, 0.5) is 0 Å². The first-order chi connectivity index (χ1) is 7.54. The number of aromatic nitrogens is 3. The first kappa shape index (κ1) is 11.1. The van der Waals surface area contributed by atoms with E-state index in [1.54, 1.807) is 0 Å². The number of sulfonamides is 1. The number of nitrogens with one attached hydrogen (secondary N) is 1. The molecular formula is C7H7ClN4O3S. The van der Waals surface area contributed by atoms with E-state index in [1.807, 2.05) is 0 Å². The Kier molecular flexibility index (Phi) is 2.70. The highest BCUT2D eigenvalue weighted by molar-refractivity contribution is 7.89. The standard InChI is InChI=1S/C7H7ClN4O3S/c8-4-9-16(14,15)5-1-2-6-7(3-5)12(13)11-10-6/h1-3,9,13H,4H2. The number of hydrogen-bond donors (Lipinski definition) is 2. The lowest BCUT2D eigenvalue weighted by Crippen LogP contribution is -2.22. The van der Waals surface area contributed by atoms with Gasteiger partial charge in [0.2, 0.25) is 10.0 Å². The molecule has 9 heteroatoms. The van der Waals surface area contributed by atoms with Gasteiger partial charge in [-0.2, -0.15) is 4.72 Å². The molecule has 2 rings (SSSR count). The Balaban J connectivity index is 2.58. The van der Waals surface area contributed by atoms with Gasteiger partial charge in [-0.05, 0) is 23.4 Å². The van der Waals surface area contributed by atoms with Crippen LogP contribution in [-0.4, -0.2) is 34.8 Å². The van der Waals surface area contributed by atoms with Crippen molar-refractivity contribution in [2.24, 2.45) is 0 Å². The molecule has 0 radical (unpaired) electrons. The SMILES string of the molecule is O=S(=O)(NCCl)c1ccc2nnn(O)c2c1. The molecule has 1 aromatic heterocycles. The van der Waals surface area contributed by atoms with Gasteiger partial charge in [0.1, 0.15) is 11.0 Å². The molecule has 0 spiro atoms. The average molecular weight is 263 g/mol. The molecule has 2 aromatic rings. The van der Waals surface area contributed by atoms with E-state index in [4.69, 9.17) is 11.6 Å². The van der Waals surface area contributed by atoms with E-state index >= 15 is 0 Å². The molecule has 0 aliphatic heterocycles. The van der Waals surface area contributed by atoms with Crippen LogP contribution in [0.15, 0.2) is 23.1 Å². The van der Waals surface area contributed by atoms with Crippen LogP contribution in [0.3, 0.4) is 0 Å². The molecular weight excluding hydrogens is 256 g/mol. The lowest BCUT2D eigenvalue weighted by molar-refractivity contribution is 0.154. The monoisotopic (exact) mass is 262 g/mol. The van der Waals surface area contributed by atoms with E-state index in [0.29, 0.717) is 10.4 Å². The van der Waals surface area contributed by atoms with Gasteiger partial charge in [-0.25, -0.2) is 8.42 Å². The molecule has 16 heavy (non-hydrogen) atoms. The predicted molar refractivity (Wildman–Crippen MR) is 55.8 cm³/mol. The summed E-state index contributed by atoms with van der Waals surface area (Å²) in [6.07, 6.45) is 0. The molecule has 0 saturated carbocycles. The number of fused-ring (bicyclic) bond motifs is 1. The zero-order chi connectivity index (χ0) is 11.8. The Morgan fingerprint density at radius 2 is 2.25 bits per heavy atom. The zero-order valence-corrected chi connectivity index (χ0v) is 9.40. The number of nitrogens with zero attached hydrogens (tertiary/aromatic N) is 3. The van der Waals surface area contributed by atoms with E-state index in [2.05, 4.69) is 15.0 Å². The molecule has 7 nitrogen and oxygen atoms in total. The molecule has 2 N–H and O–H groups in total. The van der Waals surface area contributed by atoms with Crippen molar-refractivity contribution < 1.29 is 13.6 Å². The molecule has 1 heterocycles. The first-order valence-electron chi connectivity index (χ1n) is 4.15. The van der Waals surface area contributed by atoms with Crippen molar-refractivity contribution in [1.82, 2.24) is 19.9 Å². The van der Waals surface area contributed by atoms with Gasteiger partial charge >= 0.3 is 0 Å². The maximum absolute atomic E-state index is 11.6. The minimum atomic E-state index is -3.66. The van der Waals surface area contributed by atoms with Gasteiger partial charge in [-0.3, -0.25) is 0 Å². The third kappa shape index (κ3) is 1.82. The van der Waals surface area contributed by atoms with Crippen molar-refractivity contribution in [2.75, 3.05) is 6.00 Å². The zero-order valence-electron chi connectivity index (χ0n) is 7.83. The van der Waals surface area contributed by atoms with Crippen molar-refractivity contribution in [2.45, 2.75) is 4.90 Å². The van der Waals surface area contributed by atoms with E-state index in [9.17, 15) is 13.6 Å². The van der Waals surface area contributed by atoms with Crippen LogP contribution in [0.2, 0.25) is 0 Å². The van der Waals surface area contributed by atoms with Crippen molar-refractivity contribution in [3.8, 4) is 0 Å². The first-order valence-corrected chi connectivity index (χ1v) is 6.17. The largest absolute Gasteiger partial charge is 0.410 e. The highest BCUT2D eigenvalue weighted by atomic mass is 35.5. The fourth-order valence-corrected chi connectivity index (χ4v) is 2.46. The smallest absolute Gasteiger partial charge is 0.241 e. The van der Waals surface area contributed by atoms with Crippen LogP contribution in [-0.2, 0) is 10.0 Å². The second kappa shape index (κ2) is 3.89. The van der Waals surface area contributed by atoms with Gasteiger partial charge < -0.3 is 5.21 Å². The van der Waals surface area contributed by atoms with E-state index in [0.717, 1.165) is 0 Å². The van der Waals surface area contributed by atoms with Crippen LogP contribution < -0.4 is 4.72 Å². The Morgan fingerprint density at radius 3 is 2.94 bits per heavy atom. The Morgan fingerprint density at radius 1 is 1.50 bits per heavy atom. The van der Waals surface area contributed by atoms with Crippen LogP contribution in [0, 0.1) is 0 Å². The lowest BCUT2D eigenvalue weighted by atomic mass is 10.3. The van der Waals surface area contributed by atoms with Crippen LogP contribution in [0.25, 0.3) is 11.0 Å². The van der Waals surface area contributed by atoms with Crippen LogP contribution >= 0.6 is 11.6 Å². The second-order valence-electron chi connectivity index (χ2n) is 2.91. The summed E-state index contributed by atoms with van der Waals surface area (Å²) in [4.78, 5) is 0.493. The predicted octanol–water partition coefficient (Wildman–Crippen LogP) is 0.143. The molecule has 0 bridgehead atoms. The number of rotatable bonds is 3. The molecule has 0 fully saturated rings. The quantitative estimate of drug-likeness (QED) is 0.466. The topological polar surface area (TPSA) is 97.1 Å². The summed E-state index contributed by atoms with van der Waals surface area (Å²) in [7, 11) is -3.66. The summed E-state index contributed by atoms with van der Waals surface area (Å²) in [5.41, 5.74) is 0.602. The molecule has 0 unspecified atom stereocenters. The summed E-state index contributed by atoms with van der Waals surface area (Å²) >= 11 is 5.29. The normalized spacial score (nSPS) is 12.1. The number of benzene rings is 1. The number of halogens is 1. The number of hydrogen-bond acceptors (Lipinski definition) is 5. The molecule has 0 amide bonds. The minimum absolute atomic E-state index is 0.0155.